The van der Waals surface area contributed by atoms with Crippen molar-refractivity contribution in [3.63, 3.8) is 0 Å². The lowest BCUT2D eigenvalue weighted by Gasteiger charge is -1.85. The van der Waals surface area contributed by atoms with Gasteiger partial charge in [-0.05, 0) is 12.8 Å². The SMILES string of the molecule is O=S(=O)(Cl)c1cc(-c2nnc(C3CC3)o2)co1. The van der Waals surface area contributed by atoms with E-state index in [0.717, 1.165) is 12.8 Å². The molecule has 1 aliphatic rings. The van der Waals surface area contributed by atoms with E-state index in [1.165, 1.54) is 12.3 Å². The summed E-state index contributed by atoms with van der Waals surface area (Å²) < 4.78 is 32.2. The molecule has 0 radical (unpaired) electrons. The largest absolute Gasteiger partial charge is 0.451 e. The standard InChI is InChI=1S/C9H7ClN2O4S/c10-17(13,14)7-3-6(4-15-7)9-12-11-8(16-9)5-1-2-5/h3-5H,1-2H2. The van der Waals surface area contributed by atoms with Gasteiger partial charge in [-0.2, -0.15) is 0 Å². The molecular weight excluding hydrogens is 268 g/mol. The molecule has 0 atom stereocenters. The highest BCUT2D eigenvalue weighted by atomic mass is 35.7. The van der Waals surface area contributed by atoms with Crippen LogP contribution < -0.4 is 0 Å². The summed E-state index contributed by atoms with van der Waals surface area (Å²) in [6, 6.07) is 1.26. The lowest BCUT2D eigenvalue weighted by molar-refractivity contribution is 0.454. The lowest BCUT2D eigenvalue weighted by Crippen LogP contribution is -1.85. The van der Waals surface area contributed by atoms with E-state index in [1.807, 2.05) is 0 Å². The summed E-state index contributed by atoms with van der Waals surface area (Å²) in [5, 5.41) is 7.38. The van der Waals surface area contributed by atoms with Gasteiger partial charge in [-0.15, -0.1) is 10.2 Å². The Morgan fingerprint density at radius 2 is 2.12 bits per heavy atom. The molecule has 0 spiro atoms. The van der Waals surface area contributed by atoms with E-state index in [1.54, 1.807) is 0 Å². The van der Waals surface area contributed by atoms with Crippen molar-refractivity contribution in [3.05, 3.63) is 18.2 Å². The van der Waals surface area contributed by atoms with Gasteiger partial charge in [-0.1, -0.05) is 0 Å². The van der Waals surface area contributed by atoms with Gasteiger partial charge >= 0.3 is 0 Å². The zero-order chi connectivity index (χ0) is 12.0. The van der Waals surface area contributed by atoms with Crippen LogP contribution in [0.1, 0.15) is 24.7 Å². The van der Waals surface area contributed by atoms with Crippen molar-refractivity contribution < 1.29 is 17.3 Å². The fourth-order valence-corrected chi connectivity index (χ4v) is 2.08. The molecule has 3 rings (SSSR count). The Kier molecular flexibility index (Phi) is 2.27. The molecule has 2 aromatic heterocycles. The predicted octanol–water partition coefficient (Wildman–Crippen LogP) is 2.13. The van der Waals surface area contributed by atoms with E-state index < -0.39 is 9.05 Å². The Morgan fingerprint density at radius 1 is 1.35 bits per heavy atom. The van der Waals surface area contributed by atoms with Gasteiger partial charge in [0.1, 0.15) is 6.26 Å². The Labute approximate surface area is 101 Å². The fourth-order valence-electron chi connectivity index (χ4n) is 1.40. The first-order valence-corrected chi connectivity index (χ1v) is 7.22. The number of rotatable bonds is 3. The van der Waals surface area contributed by atoms with Crippen LogP contribution in [0.5, 0.6) is 0 Å². The van der Waals surface area contributed by atoms with Crippen molar-refractivity contribution in [2.75, 3.05) is 0 Å². The molecule has 2 aromatic rings. The normalized spacial score (nSPS) is 16.3. The Bertz CT molecular complexity index is 656. The molecule has 0 N–H and O–H groups in total. The number of halogens is 1. The van der Waals surface area contributed by atoms with Crippen molar-refractivity contribution >= 4 is 19.7 Å². The molecule has 8 heteroatoms. The smallest absolute Gasteiger partial charge is 0.294 e. The topological polar surface area (TPSA) is 86.2 Å². The van der Waals surface area contributed by atoms with Gasteiger partial charge in [-0.3, -0.25) is 0 Å². The van der Waals surface area contributed by atoms with Crippen LogP contribution in [0.2, 0.25) is 0 Å². The summed E-state index contributed by atoms with van der Waals surface area (Å²) in [5.41, 5.74) is 0.406. The van der Waals surface area contributed by atoms with Crippen molar-refractivity contribution in [1.82, 2.24) is 10.2 Å². The van der Waals surface area contributed by atoms with Crippen molar-refractivity contribution in [2.24, 2.45) is 0 Å². The first kappa shape index (κ1) is 10.8. The van der Waals surface area contributed by atoms with E-state index in [9.17, 15) is 8.42 Å². The molecule has 1 fully saturated rings. The summed E-state index contributed by atoms with van der Waals surface area (Å²) in [7, 11) is 1.27. The molecule has 0 amide bonds. The van der Waals surface area contributed by atoms with E-state index in [4.69, 9.17) is 19.5 Å². The van der Waals surface area contributed by atoms with E-state index >= 15 is 0 Å². The lowest BCUT2D eigenvalue weighted by atomic mass is 10.3. The van der Waals surface area contributed by atoms with Crippen LogP contribution in [-0.4, -0.2) is 18.6 Å². The van der Waals surface area contributed by atoms with Crippen molar-refractivity contribution in [2.45, 2.75) is 23.9 Å². The fraction of sp³-hybridized carbons (Fsp3) is 0.333. The molecule has 1 saturated carbocycles. The average Bonchev–Trinajstić information content (AvgIpc) is 2.82. The van der Waals surface area contributed by atoms with Crippen LogP contribution in [0.3, 0.4) is 0 Å². The molecule has 2 heterocycles. The Hall–Kier alpha value is -1.34. The molecule has 90 valence electrons. The quantitative estimate of drug-likeness (QED) is 0.797. The predicted molar refractivity (Wildman–Crippen MR) is 57.0 cm³/mol. The van der Waals surface area contributed by atoms with Gasteiger partial charge in [0.25, 0.3) is 14.9 Å². The zero-order valence-corrected chi connectivity index (χ0v) is 10.0. The first-order chi connectivity index (χ1) is 8.04. The highest BCUT2D eigenvalue weighted by Crippen LogP contribution is 2.40. The van der Waals surface area contributed by atoms with Crippen LogP contribution >= 0.6 is 10.7 Å². The minimum Gasteiger partial charge on any atom is -0.451 e. The maximum absolute atomic E-state index is 11.0. The Balaban J connectivity index is 1.95. The summed E-state index contributed by atoms with van der Waals surface area (Å²) in [5.74, 6) is 1.16. The van der Waals surface area contributed by atoms with E-state index in [-0.39, 0.29) is 11.0 Å². The maximum atomic E-state index is 11.0. The molecule has 0 saturated heterocycles. The maximum Gasteiger partial charge on any atom is 0.294 e. The third kappa shape index (κ3) is 2.07. The molecule has 0 aliphatic heterocycles. The second-order valence-electron chi connectivity index (χ2n) is 3.81. The van der Waals surface area contributed by atoms with Gasteiger partial charge in [0, 0.05) is 22.7 Å². The summed E-state index contributed by atoms with van der Waals surface area (Å²) in [6.07, 6.45) is 3.32. The van der Waals surface area contributed by atoms with Gasteiger partial charge in [0.05, 0.1) is 5.56 Å². The minimum absolute atomic E-state index is 0.238. The summed E-state index contributed by atoms with van der Waals surface area (Å²) in [4.78, 5) is 0. The van der Waals surface area contributed by atoms with Gasteiger partial charge in [-0.25, -0.2) is 8.42 Å². The van der Waals surface area contributed by atoms with Crippen LogP contribution in [0.15, 0.2) is 26.3 Å². The molecule has 1 aliphatic carbocycles. The van der Waals surface area contributed by atoms with Crippen molar-refractivity contribution in [3.8, 4) is 11.5 Å². The molecular formula is C9H7ClN2O4S. The third-order valence-corrected chi connectivity index (χ3v) is 3.58. The van der Waals surface area contributed by atoms with Crippen molar-refractivity contribution in [1.29, 1.82) is 0 Å². The van der Waals surface area contributed by atoms with Crippen LogP contribution in [0.4, 0.5) is 0 Å². The summed E-state index contributed by atoms with van der Waals surface area (Å²) >= 11 is 0. The monoisotopic (exact) mass is 274 g/mol. The summed E-state index contributed by atoms with van der Waals surface area (Å²) in [6.45, 7) is 0. The van der Waals surface area contributed by atoms with E-state index in [2.05, 4.69) is 10.2 Å². The third-order valence-electron chi connectivity index (χ3n) is 2.43. The zero-order valence-electron chi connectivity index (χ0n) is 8.46. The van der Waals surface area contributed by atoms with Crippen LogP contribution in [0.25, 0.3) is 11.5 Å². The number of furan rings is 1. The van der Waals surface area contributed by atoms with E-state index in [0.29, 0.717) is 17.4 Å². The number of aromatic nitrogens is 2. The van der Waals surface area contributed by atoms with Gasteiger partial charge in [0.2, 0.25) is 11.0 Å². The molecule has 17 heavy (non-hydrogen) atoms. The highest BCUT2D eigenvalue weighted by Gasteiger charge is 2.30. The molecule has 0 bridgehead atoms. The van der Waals surface area contributed by atoms with Crippen LogP contribution in [-0.2, 0) is 9.05 Å². The highest BCUT2D eigenvalue weighted by molar-refractivity contribution is 8.13. The number of nitrogens with zero attached hydrogens (tertiary/aromatic N) is 2. The minimum atomic E-state index is -3.87. The molecule has 6 nitrogen and oxygen atoms in total. The number of hydrogen-bond donors (Lipinski definition) is 0. The van der Waals surface area contributed by atoms with Crippen LogP contribution in [0, 0.1) is 0 Å². The Morgan fingerprint density at radius 3 is 2.71 bits per heavy atom. The second kappa shape index (κ2) is 3.58. The second-order valence-corrected chi connectivity index (χ2v) is 6.31. The van der Waals surface area contributed by atoms with Gasteiger partial charge < -0.3 is 8.83 Å². The molecule has 0 unspecified atom stereocenters. The molecule has 0 aromatic carbocycles. The first-order valence-electron chi connectivity index (χ1n) is 4.91. The average molecular weight is 275 g/mol. The number of hydrogen-bond acceptors (Lipinski definition) is 6. The van der Waals surface area contributed by atoms with Gasteiger partial charge in [0.15, 0.2) is 0 Å².